The van der Waals surface area contributed by atoms with Crippen molar-refractivity contribution in [1.29, 1.82) is 0 Å². The predicted molar refractivity (Wildman–Crippen MR) is 204 cm³/mol. The first-order valence-electron chi connectivity index (χ1n) is 18.7. The first kappa shape index (κ1) is 36.9. The van der Waals surface area contributed by atoms with Crippen molar-refractivity contribution < 1.29 is 18.5 Å². The molecule has 0 radical (unpaired) electrons. The molecular weight excluding hydrogens is 620 g/mol. The maximum Gasteiger partial charge on any atom is 0.167 e. The number of hydrogen-bond donors (Lipinski definition) is 0. The molecule has 0 aliphatic rings. The lowest BCUT2D eigenvalue weighted by Crippen LogP contribution is -2.04. The van der Waals surface area contributed by atoms with E-state index >= 15 is 0 Å². The van der Waals surface area contributed by atoms with E-state index in [4.69, 9.17) is 18.5 Å². The molecule has 2 heterocycles. The predicted octanol–water partition coefficient (Wildman–Crippen LogP) is 12.8. The standard InChI is InChI=1S/C44H56N2O4/c1-31(2)10-7-12-33(5)24-26-47-39-20-16-35(17-21-39)41-29-43(49-45-41)37-14-9-15-38(28-37)44-30-42(46-50-44)36-18-22-40(23-19-36)48-27-25-34(6)13-8-11-32(3)4/h9,14-23,28-34H,7-8,10-13,24-27H2,1-6H3/t33-,34-/m1/s1. The van der Waals surface area contributed by atoms with Crippen molar-refractivity contribution in [2.45, 2.75) is 92.9 Å². The summed E-state index contributed by atoms with van der Waals surface area (Å²) in [5.74, 6) is 6.04. The lowest BCUT2D eigenvalue weighted by molar-refractivity contribution is 0.275. The Kier molecular flexibility index (Phi) is 13.8. The van der Waals surface area contributed by atoms with Gasteiger partial charge < -0.3 is 18.5 Å². The fourth-order valence-electron chi connectivity index (χ4n) is 6.16. The molecule has 3 aromatic carbocycles. The van der Waals surface area contributed by atoms with Gasteiger partial charge in [-0.1, -0.05) is 109 Å². The maximum absolute atomic E-state index is 6.03. The molecule has 0 fully saturated rings. The zero-order valence-corrected chi connectivity index (χ0v) is 31.0. The van der Waals surface area contributed by atoms with Crippen LogP contribution in [0.15, 0.2) is 94.0 Å². The molecule has 0 unspecified atom stereocenters. The third-order valence-corrected chi connectivity index (χ3v) is 9.47. The summed E-state index contributed by atoms with van der Waals surface area (Å²) in [7, 11) is 0. The zero-order valence-electron chi connectivity index (χ0n) is 31.0. The van der Waals surface area contributed by atoms with E-state index in [-0.39, 0.29) is 0 Å². The van der Waals surface area contributed by atoms with Crippen LogP contribution in [0.3, 0.4) is 0 Å². The van der Waals surface area contributed by atoms with Crippen LogP contribution in [0.1, 0.15) is 92.9 Å². The summed E-state index contributed by atoms with van der Waals surface area (Å²) in [5, 5.41) is 8.71. The van der Waals surface area contributed by atoms with Gasteiger partial charge in [0, 0.05) is 34.4 Å². The van der Waals surface area contributed by atoms with E-state index in [0.29, 0.717) is 23.4 Å². The van der Waals surface area contributed by atoms with Gasteiger partial charge in [0.1, 0.15) is 22.9 Å². The third-order valence-electron chi connectivity index (χ3n) is 9.47. The fraction of sp³-hybridized carbons (Fsp3) is 0.455. The Hall–Kier alpha value is -4.32. The van der Waals surface area contributed by atoms with Crippen molar-refractivity contribution in [3.05, 3.63) is 84.9 Å². The molecular formula is C44H56N2O4. The molecule has 0 amide bonds. The lowest BCUT2D eigenvalue weighted by Gasteiger charge is -2.13. The highest BCUT2D eigenvalue weighted by atomic mass is 16.5. The fourth-order valence-corrected chi connectivity index (χ4v) is 6.16. The molecule has 0 bridgehead atoms. The van der Waals surface area contributed by atoms with Gasteiger partial charge in [0.15, 0.2) is 11.5 Å². The molecule has 0 aliphatic heterocycles. The Morgan fingerprint density at radius 2 is 0.900 bits per heavy atom. The van der Waals surface area contributed by atoms with Gasteiger partial charge in [-0.15, -0.1) is 0 Å². The van der Waals surface area contributed by atoms with Gasteiger partial charge >= 0.3 is 0 Å². The smallest absolute Gasteiger partial charge is 0.167 e. The van der Waals surface area contributed by atoms with E-state index in [1.807, 2.05) is 84.9 Å². The van der Waals surface area contributed by atoms with E-state index in [9.17, 15) is 0 Å². The van der Waals surface area contributed by atoms with Crippen molar-refractivity contribution in [3.63, 3.8) is 0 Å². The first-order valence-corrected chi connectivity index (χ1v) is 18.7. The Labute approximate surface area is 299 Å². The molecule has 50 heavy (non-hydrogen) atoms. The van der Waals surface area contributed by atoms with E-state index in [1.54, 1.807) is 0 Å². The van der Waals surface area contributed by atoms with Crippen LogP contribution in [0, 0.1) is 23.7 Å². The number of benzene rings is 3. The number of nitrogens with zero attached hydrogens (tertiary/aromatic N) is 2. The largest absolute Gasteiger partial charge is 0.494 e. The number of hydrogen-bond acceptors (Lipinski definition) is 6. The summed E-state index contributed by atoms with van der Waals surface area (Å²) in [4.78, 5) is 0. The number of rotatable bonds is 20. The van der Waals surface area contributed by atoms with Crippen LogP contribution in [0.4, 0.5) is 0 Å². The molecule has 2 aromatic heterocycles. The molecule has 0 saturated heterocycles. The number of aromatic nitrogens is 2. The van der Waals surface area contributed by atoms with Gasteiger partial charge in [0.25, 0.3) is 0 Å². The van der Waals surface area contributed by atoms with Crippen LogP contribution in [0.5, 0.6) is 11.5 Å². The van der Waals surface area contributed by atoms with E-state index < -0.39 is 0 Å². The van der Waals surface area contributed by atoms with Crippen LogP contribution in [0.25, 0.3) is 45.2 Å². The van der Waals surface area contributed by atoms with Gasteiger partial charge in [-0.3, -0.25) is 0 Å². The van der Waals surface area contributed by atoms with Crippen molar-refractivity contribution >= 4 is 0 Å². The van der Waals surface area contributed by atoms with Gasteiger partial charge in [0.2, 0.25) is 0 Å². The third kappa shape index (κ3) is 11.4. The minimum atomic E-state index is 0.678. The Morgan fingerprint density at radius 1 is 0.480 bits per heavy atom. The normalized spacial score (nSPS) is 12.8. The van der Waals surface area contributed by atoms with Crippen LogP contribution in [-0.4, -0.2) is 23.5 Å². The van der Waals surface area contributed by atoms with E-state index in [0.717, 1.165) is 83.0 Å². The summed E-state index contributed by atoms with van der Waals surface area (Å²) < 4.78 is 23.6. The highest BCUT2D eigenvalue weighted by Gasteiger charge is 2.14. The molecule has 5 aromatic rings. The average molecular weight is 677 g/mol. The van der Waals surface area contributed by atoms with Gasteiger partial charge in [0.05, 0.1) is 13.2 Å². The van der Waals surface area contributed by atoms with Crippen LogP contribution < -0.4 is 9.47 Å². The summed E-state index contributed by atoms with van der Waals surface area (Å²) in [6.07, 6.45) is 9.86. The van der Waals surface area contributed by atoms with Gasteiger partial charge in [-0.05, 0) is 91.1 Å². The number of ether oxygens (including phenoxy) is 2. The Morgan fingerprint density at radius 3 is 1.30 bits per heavy atom. The minimum absolute atomic E-state index is 0.678. The van der Waals surface area contributed by atoms with Crippen molar-refractivity contribution in [3.8, 4) is 56.7 Å². The molecule has 6 nitrogen and oxygen atoms in total. The molecule has 2 atom stereocenters. The summed E-state index contributed by atoms with van der Waals surface area (Å²) in [6.45, 7) is 15.3. The topological polar surface area (TPSA) is 70.5 Å². The molecule has 0 saturated carbocycles. The summed E-state index contributed by atoms with van der Waals surface area (Å²) in [5.41, 5.74) is 5.35. The minimum Gasteiger partial charge on any atom is -0.494 e. The second kappa shape index (κ2) is 18.6. The highest BCUT2D eigenvalue weighted by Crippen LogP contribution is 2.32. The van der Waals surface area contributed by atoms with Gasteiger partial charge in [-0.2, -0.15) is 0 Å². The first-order chi connectivity index (χ1) is 24.2. The van der Waals surface area contributed by atoms with Crippen LogP contribution in [0.2, 0.25) is 0 Å². The molecule has 266 valence electrons. The lowest BCUT2D eigenvalue weighted by atomic mass is 9.98. The molecule has 6 heteroatoms. The monoisotopic (exact) mass is 676 g/mol. The van der Waals surface area contributed by atoms with Crippen molar-refractivity contribution in [1.82, 2.24) is 10.3 Å². The quantitative estimate of drug-likeness (QED) is 0.0817. The van der Waals surface area contributed by atoms with Gasteiger partial charge in [-0.25, -0.2) is 0 Å². The SMILES string of the molecule is CC(C)CCC[C@@H](C)CCOc1ccc(-c2cc(-c3cccc(-c4cc(-c5ccc(OCC[C@H](C)CCCC(C)C)cc5)no4)c3)on2)cc1. The van der Waals surface area contributed by atoms with Crippen molar-refractivity contribution in [2.24, 2.45) is 23.7 Å². The van der Waals surface area contributed by atoms with Crippen LogP contribution >= 0.6 is 0 Å². The second-order valence-electron chi connectivity index (χ2n) is 14.9. The highest BCUT2D eigenvalue weighted by molar-refractivity contribution is 5.73. The van der Waals surface area contributed by atoms with Crippen molar-refractivity contribution in [2.75, 3.05) is 13.2 Å². The Balaban J connectivity index is 1.12. The molecule has 0 N–H and O–H groups in total. The molecule has 5 rings (SSSR count). The molecule has 0 spiro atoms. The second-order valence-corrected chi connectivity index (χ2v) is 14.9. The summed E-state index contributed by atoms with van der Waals surface area (Å²) in [6, 6.07) is 28.1. The maximum atomic E-state index is 6.03. The summed E-state index contributed by atoms with van der Waals surface area (Å²) >= 11 is 0. The zero-order chi connectivity index (χ0) is 35.3. The average Bonchev–Trinajstić information content (AvgIpc) is 3.80. The van der Waals surface area contributed by atoms with E-state index in [1.165, 1.54) is 38.5 Å². The van der Waals surface area contributed by atoms with Crippen LogP contribution in [-0.2, 0) is 0 Å². The van der Waals surface area contributed by atoms with E-state index in [2.05, 4.69) is 51.9 Å². The molecule has 0 aliphatic carbocycles. The Bertz CT molecular complexity index is 1580.